The van der Waals surface area contributed by atoms with Gasteiger partial charge >= 0.3 is 0 Å². The number of aromatic nitrogens is 3. The van der Waals surface area contributed by atoms with Crippen LogP contribution in [-0.2, 0) is 6.42 Å². The first-order chi connectivity index (χ1) is 7.58. The standard InChI is InChI=1S/C10H11N3OS2/c1-5-7(3)15-9(11-5)4-8(14)10-6(2)12-13-16-10/h4H2,1-3H3. The Morgan fingerprint density at radius 1 is 1.25 bits per heavy atom. The van der Waals surface area contributed by atoms with Crippen molar-refractivity contribution < 1.29 is 4.79 Å². The first-order valence-electron chi connectivity index (χ1n) is 4.83. The molecule has 0 saturated heterocycles. The van der Waals surface area contributed by atoms with Crippen molar-refractivity contribution in [3.8, 4) is 0 Å². The van der Waals surface area contributed by atoms with Gasteiger partial charge in [0.25, 0.3) is 0 Å². The third kappa shape index (κ3) is 2.17. The van der Waals surface area contributed by atoms with Gasteiger partial charge in [0, 0.05) is 4.88 Å². The zero-order chi connectivity index (χ0) is 11.7. The molecular formula is C10H11N3OS2. The lowest BCUT2D eigenvalue weighted by Crippen LogP contribution is -2.02. The summed E-state index contributed by atoms with van der Waals surface area (Å²) in [5.41, 5.74) is 1.71. The Morgan fingerprint density at radius 2 is 2.00 bits per heavy atom. The molecular weight excluding hydrogens is 242 g/mol. The fourth-order valence-electron chi connectivity index (χ4n) is 1.32. The van der Waals surface area contributed by atoms with E-state index in [0.717, 1.165) is 22.2 Å². The first kappa shape index (κ1) is 11.3. The van der Waals surface area contributed by atoms with Crippen molar-refractivity contribution in [3.63, 3.8) is 0 Å². The van der Waals surface area contributed by atoms with Crippen LogP contribution in [0.1, 0.15) is 30.9 Å². The molecule has 2 rings (SSSR count). The average molecular weight is 253 g/mol. The van der Waals surface area contributed by atoms with E-state index in [0.29, 0.717) is 17.0 Å². The fourth-order valence-corrected chi connectivity index (χ4v) is 2.84. The minimum atomic E-state index is 0.0567. The number of hydrogen-bond acceptors (Lipinski definition) is 6. The number of rotatable bonds is 3. The Bertz CT molecular complexity index is 510. The van der Waals surface area contributed by atoms with Crippen molar-refractivity contribution in [2.45, 2.75) is 27.2 Å². The van der Waals surface area contributed by atoms with Crippen LogP contribution in [0.25, 0.3) is 0 Å². The Labute approximate surface area is 102 Å². The summed E-state index contributed by atoms with van der Waals surface area (Å²) < 4.78 is 3.76. The van der Waals surface area contributed by atoms with Crippen LogP contribution in [0.3, 0.4) is 0 Å². The summed E-state index contributed by atoms with van der Waals surface area (Å²) in [6.45, 7) is 5.77. The molecule has 84 valence electrons. The molecule has 0 amide bonds. The largest absolute Gasteiger partial charge is 0.293 e. The average Bonchev–Trinajstić information content (AvgIpc) is 2.74. The zero-order valence-corrected chi connectivity index (χ0v) is 10.9. The number of thiazole rings is 1. The molecule has 2 aromatic rings. The summed E-state index contributed by atoms with van der Waals surface area (Å²) in [4.78, 5) is 18.1. The van der Waals surface area contributed by atoms with E-state index < -0.39 is 0 Å². The van der Waals surface area contributed by atoms with Crippen LogP contribution in [0.2, 0.25) is 0 Å². The van der Waals surface area contributed by atoms with E-state index in [2.05, 4.69) is 14.6 Å². The molecule has 0 aliphatic carbocycles. The minimum absolute atomic E-state index is 0.0567. The van der Waals surface area contributed by atoms with Gasteiger partial charge in [-0.3, -0.25) is 4.79 Å². The number of carbonyl (C=O) groups is 1. The highest BCUT2D eigenvalue weighted by Crippen LogP contribution is 2.19. The van der Waals surface area contributed by atoms with Crippen molar-refractivity contribution in [2.75, 3.05) is 0 Å². The highest BCUT2D eigenvalue weighted by atomic mass is 32.1. The topological polar surface area (TPSA) is 55.7 Å². The molecule has 0 radical (unpaired) electrons. The van der Waals surface area contributed by atoms with Crippen LogP contribution in [-0.4, -0.2) is 20.4 Å². The second-order valence-electron chi connectivity index (χ2n) is 3.54. The van der Waals surface area contributed by atoms with Crippen LogP contribution in [0.4, 0.5) is 0 Å². The van der Waals surface area contributed by atoms with Gasteiger partial charge in [-0.05, 0) is 32.3 Å². The quantitative estimate of drug-likeness (QED) is 0.788. The maximum atomic E-state index is 11.9. The number of aryl methyl sites for hydroxylation is 3. The monoisotopic (exact) mass is 253 g/mol. The molecule has 0 aliphatic heterocycles. The molecule has 2 heterocycles. The van der Waals surface area contributed by atoms with Crippen molar-refractivity contribution in [1.29, 1.82) is 0 Å². The van der Waals surface area contributed by atoms with E-state index in [-0.39, 0.29) is 5.78 Å². The lowest BCUT2D eigenvalue weighted by atomic mass is 10.2. The first-order valence-corrected chi connectivity index (χ1v) is 6.42. The smallest absolute Gasteiger partial charge is 0.183 e. The number of nitrogens with zero attached hydrogens (tertiary/aromatic N) is 3. The van der Waals surface area contributed by atoms with Crippen LogP contribution in [0, 0.1) is 20.8 Å². The summed E-state index contributed by atoms with van der Waals surface area (Å²) in [6, 6.07) is 0. The summed E-state index contributed by atoms with van der Waals surface area (Å²) in [5, 5.41) is 4.70. The molecule has 0 saturated carbocycles. The molecule has 0 atom stereocenters. The number of hydrogen-bond donors (Lipinski definition) is 0. The van der Waals surface area contributed by atoms with Crippen molar-refractivity contribution in [3.05, 3.63) is 26.1 Å². The minimum Gasteiger partial charge on any atom is -0.293 e. The lowest BCUT2D eigenvalue weighted by molar-refractivity contribution is 0.0996. The van der Waals surface area contributed by atoms with E-state index in [9.17, 15) is 4.79 Å². The molecule has 16 heavy (non-hydrogen) atoms. The molecule has 0 aliphatic rings. The van der Waals surface area contributed by atoms with E-state index in [1.54, 1.807) is 18.3 Å². The molecule has 0 spiro atoms. The van der Waals surface area contributed by atoms with Gasteiger partial charge in [0.1, 0.15) is 9.88 Å². The SMILES string of the molecule is Cc1nc(CC(=O)c2snnc2C)sc1C. The zero-order valence-electron chi connectivity index (χ0n) is 9.27. The van der Waals surface area contributed by atoms with Crippen LogP contribution >= 0.6 is 22.9 Å². The molecule has 0 N–H and O–H groups in total. The van der Waals surface area contributed by atoms with E-state index >= 15 is 0 Å². The molecule has 6 heteroatoms. The highest BCUT2D eigenvalue weighted by Gasteiger charge is 2.16. The van der Waals surface area contributed by atoms with Crippen molar-refractivity contribution in [1.82, 2.24) is 14.6 Å². The predicted molar refractivity (Wildman–Crippen MR) is 64.3 cm³/mol. The third-order valence-corrected chi connectivity index (χ3v) is 4.23. The number of Topliss-reactive ketones (excluding diaryl/α,β-unsaturated/α-hetero) is 1. The Kier molecular flexibility index (Phi) is 3.11. The Hall–Kier alpha value is -1.14. The normalized spacial score (nSPS) is 10.7. The second-order valence-corrected chi connectivity index (χ2v) is 5.58. The fraction of sp³-hybridized carbons (Fsp3) is 0.400. The summed E-state index contributed by atoms with van der Waals surface area (Å²) >= 11 is 2.73. The van der Waals surface area contributed by atoms with Gasteiger partial charge in [0.15, 0.2) is 5.78 Å². The number of ketones is 1. The van der Waals surface area contributed by atoms with Gasteiger partial charge in [-0.2, -0.15) is 0 Å². The molecule has 4 nitrogen and oxygen atoms in total. The van der Waals surface area contributed by atoms with Crippen LogP contribution < -0.4 is 0 Å². The van der Waals surface area contributed by atoms with E-state index in [4.69, 9.17) is 0 Å². The summed E-state index contributed by atoms with van der Waals surface area (Å²) in [5.74, 6) is 0.0567. The molecule has 0 unspecified atom stereocenters. The third-order valence-electron chi connectivity index (χ3n) is 2.29. The highest BCUT2D eigenvalue weighted by molar-refractivity contribution is 7.12. The number of carbonyl (C=O) groups excluding carboxylic acids is 1. The maximum absolute atomic E-state index is 11.9. The van der Waals surface area contributed by atoms with E-state index in [1.807, 2.05) is 13.8 Å². The molecule has 0 fully saturated rings. The van der Waals surface area contributed by atoms with Gasteiger partial charge in [0.05, 0.1) is 17.8 Å². The Balaban J connectivity index is 2.17. The maximum Gasteiger partial charge on any atom is 0.183 e. The predicted octanol–water partition coefficient (Wildman–Crippen LogP) is 2.35. The van der Waals surface area contributed by atoms with Gasteiger partial charge in [-0.25, -0.2) is 4.98 Å². The van der Waals surface area contributed by atoms with Crippen molar-refractivity contribution >= 4 is 28.7 Å². The lowest BCUT2D eigenvalue weighted by Gasteiger charge is -1.93. The summed E-state index contributed by atoms with van der Waals surface area (Å²) in [6.07, 6.45) is 0.351. The summed E-state index contributed by atoms with van der Waals surface area (Å²) in [7, 11) is 0. The Morgan fingerprint density at radius 3 is 2.50 bits per heavy atom. The molecule has 0 bridgehead atoms. The van der Waals surface area contributed by atoms with Gasteiger partial charge < -0.3 is 0 Å². The van der Waals surface area contributed by atoms with Crippen molar-refractivity contribution in [2.24, 2.45) is 0 Å². The van der Waals surface area contributed by atoms with Gasteiger partial charge in [0.2, 0.25) is 0 Å². The van der Waals surface area contributed by atoms with E-state index in [1.165, 1.54) is 4.88 Å². The van der Waals surface area contributed by atoms with Gasteiger partial charge in [-0.1, -0.05) is 4.49 Å². The van der Waals surface area contributed by atoms with Gasteiger partial charge in [-0.15, -0.1) is 16.4 Å². The second kappa shape index (κ2) is 4.39. The molecule has 0 aromatic carbocycles. The molecule has 2 aromatic heterocycles. The van der Waals surface area contributed by atoms with Crippen LogP contribution in [0.15, 0.2) is 0 Å². The van der Waals surface area contributed by atoms with Crippen LogP contribution in [0.5, 0.6) is 0 Å².